The molecule has 2 aromatic carbocycles. The Morgan fingerprint density at radius 1 is 1.28 bits per heavy atom. The monoisotopic (exact) mass is 342 g/mol. The number of nitrogens with one attached hydrogen (secondary N) is 1. The molecular weight excluding hydrogens is 319 g/mol. The second-order valence-corrected chi connectivity index (χ2v) is 6.35. The molecule has 1 aliphatic rings. The highest BCUT2D eigenvalue weighted by Crippen LogP contribution is 2.20. The summed E-state index contributed by atoms with van der Waals surface area (Å²) in [5.74, 6) is -0.263. The smallest absolute Gasteiger partial charge is 0.237 e. The summed E-state index contributed by atoms with van der Waals surface area (Å²) in [5, 5.41) is 2.90. The third-order valence-electron chi connectivity index (χ3n) is 4.77. The van der Waals surface area contributed by atoms with E-state index in [1.807, 2.05) is 13.0 Å². The first kappa shape index (κ1) is 17.4. The fourth-order valence-corrected chi connectivity index (χ4v) is 3.17. The van der Waals surface area contributed by atoms with Crippen LogP contribution in [0.15, 0.2) is 42.5 Å². The topological polar surface area (TPSA) is 41.6 Å². The van der Waals surface area contributed by atoms with E-state index in [0.717, 1.165) is 19.5 Å². The number of ether oxygens (including phenoxy) is 1. The van der Waals surface area contributed by atoms with Crippen molar-refractivity contribution in [3.05, 3.63) is 65.0 Å². The van der Waals surface area contributed by atoms with Crippen molar-refractivity contribution in [2.75, 3.05) is 13.7 Å². The molecule has 0 aromatic heterocycles. The van der Waals surface area contributed by atoms with Crippen LogP contribution in [-0.2, 0) is 24.3 Å². The van der Waals surface area contributed by atoms with E-state index in [0.29, 0.717) is 12.1 Å². The molecule has 3 rings (SSSR count). The molecule has 0 bridgehead atoms. The highest BCUT2D eigenvalue weighted by molar-refractivity contribution is 5.81. The van der Waals surface area contributed by atoms with Gasteiger partial charge >= 0.3 is 0 Å². The van der Waals surface area contributed by atoms with E-state index in [9.17, 15) is 9.18 Å². The number of fused-ring (bicyclic) bond motifs is 1. The summed E-state index contributed by atoms with van der Waals surface area (Å²) in [6.45, 7) is 3.86. The zero-order valence-corrected chi connectivity index (χ0v) is 14.6. The maximum atomic E-state index is 13.7. The summed E-state index contributed by atoms with van der Waals surface area (Å²) < 4.78 is 18.6. The molecule has 0 spiro atoms. The van der Waals surface area contributed by atoms with E-state index in [1.165, 1.54) is 24.3 Å². The Bertz CT molecular complexity index is 763. The number of benzene rings is 2. The van der Waals surface area contributed by atoms with Crippen LogP contribution in [0.3, 0.4) is 0 Å². The maximum absolute atomic E-state index is 13.7. The van der Waals surface area contributed by atoms with Crippen LogP contribution in [0.1, 0.15) is 23.6 Å². The molecule has 0 saturated carbocycles. The lowest BCUT2D eigenvalue weighted by molar-refractivity contribution is -0.126. The molecular formula is C20H23FN2O2. The van der Waals surface area contributed by atoms with Gasteiger partial charge in [-0.3, -0.25) is 9.69 Å². The number of hydrogen-bond acceptors (Lipinski definition) is 3. The van der Waals surface area contributed by atoms with Gasteiger partial charge < -0.3 is 10.1 Å². The van der Waals surface area contributed by atoms with E-state index in [4.69, 9.17) is 4.74 Å². The van der Waals surface area contributed by atoms with Crippen molar-refractivity contribution in [3.63, 3.8) is 0 Å². The Morgan fingerprint density at radius 3 is 2.76 bits per heavy atom. The Labute approximate surface area is 147 Å². The van der Waals surface area contributed by atoms with Crippen molar-refractivity contribution in [1.82, 2.24) is 10.2 Å². The Kier molecular flexibility index (Phi) is 5.34. The van der Waals surface area contributed by atoms with Gasteiger partial charge in [0.15, 0.2) is 11.6 Å². The number of amides is 1. The molecule has 2 aromatic rings. The Morgan fingerprint density at radius 2 is 2.04 bits per heavy atom. The van der Waals surface area contributed by atoms with Gasteiger partial charge in [0.05, 0.1) is 13.2 Å². The van der Waals surface area contributed by atoms with Gasteiger partial charge in [-0.25, -0.2) is 4.39 Å². The predicted octanol–water partition coefficient (Wildman–Crippen LogP) is 2.90. The molecule has 1 aliphatic heterocycles. The van der Waals surface area contributed by atoms with Crippen LogP contribution in [0.4, 0.5) is 4.39 Å². The molecule has 1 heterocycles. The van der Waals surface area contributed by atoms with Crippen LogP contribution in [-0.4, -0.2) is 30.5 Å². The van der Waals surface area contributed by atoms with Gasteiger partial charge in [0.25, 0.3) is 0 Å². The molecule has 1 atom stereocenters. The van der Waals surface area contributed by atoms with Crippen molar-refractivity contribution in [3.8, 4) is 5.75 Å². The van der Waals surface area contributed by atoms with Crippen molar-refractivity contribution in [2.24, 2.45) is 0 Å². The highest BCUT2D eigenvalue weighted by atomic mass is 19.1. The molecule has 132 valence electrons. The first-order chi connectivity index (χ1) is 12.1. The number of rotatable bonds is 5. The zero-order valence-electron chi connectivity index (χ0n) is 14.6. The number of halogens is 1. The number of methoxy groups -OCH3 is 1. The van der Waals surface area contributed by atoms with Crippen molar-refractivity contribution >= 4 is 5.91 Å². The van der Waals surface area contributed by atoms with E-state index >= 15 is 0 Å². The number of hydrogen-bond donors (Lipinski definition) is 1. The molecule has 1 N–H and O–H groups in total. The lowest BCUT2D eigenvalue weighted by atomic mass is 9.99. The third kappa shape index (κ3) is 3.99. The molecule has 0 saturated heterocycles. The van der Waals surface area contributed by atoms with Gasteiger partial charge in [0.1, 0.15) is 0 Å². The minimum atomic E-state index is -0.421. The van der Waals surface area contributed by atoms with E-state index < -0.39 is 5.82 Å². The summed E-state index contributed by atoms with van der Waals surface area (Å²) >= 11 is 0. The first-order valence-corrected chi connectivity index (χ1v) is 8.49. The van der Waals surface area contributed by atoms with Crippen LogP contribution < -0.4 is 10.1 Å². The van der Waals surface area contributed by atoms with Crippen molar-refractivity contribution < 1.29 is 13.9 Å². The van der Waals surface area contributed by atoms with Crippen LogP contribution >= 0.6 is 0 Å². The molecule has 1 amide bonds. The highest BCUT2D eigenvalue weighted by Gasteiger charge is 2.24. The third-order valence-corrected chi connectivity index (χ3v) is 4.77. The summed E-state index contributed by atoms with van der Waals surface area (Å²) in [4.78, 5) is 14.6. The van der Waals surface area contributed by atoms with Crippen molar-refractivity contribution in [2.45, 2.75) is 32.5 Å². The molecule has 4 nitrogen and oxygen atoms in total. The summed E-state index contributed by atoms with van der Waals surface area (Å²) in [7, 11) is 1.43. The molecule has 0 aliphatic carbocycles. The largest absolute Gasteiger partial charge is 0.494 e. The summed E-state index contributed by atoms with van der Waals surface area (Å²) in [6.07, 6.45) is 0.956. The zero-order chi connectivity index (χ0) is 17.8. The van der Waals surface area contributed by atoms with Gasteiger partial charge in [-0.05, 0) is 42.2 Å². The normalized spacial score (nSPS) is 15.3. The first-order valence-electron chi connectivity index (χ1n) is 8.49. The quantitative estimate of drug-likeness (QED) is 0.908. The lowest BCUT2D eigenvalue weighted by Gasteiger charge is -2.32. The number of nitrogens with zero attached hydrogens (tertiary/aromatic N) is 1. The average Bonchev–Trinajstić information content (AvgIpc) is 2.65. The second kappa shape index (κ2) is 7.66. The fourth-order valence-electron chi connectivity index (χ4n) is 3.17. The predicted molar refractivity (Wildman–Crippen MR) is 94.8 cm³/mol. The van der Waals surface area contributed by atoms with E-state index in [-0.39, 0.29) is 17.7 Å². The molecule has 25 heavy (non-hydrogen) atoms. The fraction of sp³-hybridized carbons (Fsp3) is 0.350. The van der Waals surface area contributed by atoms with Gasteiger partial charge in [0.2, 0.25) is 5.91 Å². The van der Waals surface area contributed by atoms with Gasteiger partial charge in [-0.1, -0.05) is 30.3 Å². The summed E-state index contributed by atoms with van der Waals surface area (Å²) in [6, 6.07) is 12.8. The number of carbonyl (C=O) groups is 1. The number of carbonyl (C=O) groups excluding carboxylic acids is 1. The lowest BCUT2D eigenvalue weighted by Crippen LogP contribution is -2.46. The van der Waals surface area contributed by atoms with Gasteiger partial charge in [-0.2, -0.15) is 0 Å². The maximum Gasteiger partial charge on any atom is 0.237 e. The van der Waals surface area contributed by atoms with Crippen molar-refractivity contribution in [1.29, 1.82) is 0 Å². The Hall–Kier alpha value is -2.40. The van der Waals surface area contributed by atoms with E-state index in [1.54, 1.807) is 12.1 Å². The molecule has 1 unspecified atom stereocenters. The SMILES string of the molecule is COc1ccc(CNC(=O)C(C)N2CCc3ccccc3C2)cc1F. The minimum Gasteiger partial charge on any atom is -0.494 e. The van der Waals surface area contributed by atoms with Crippen LogP contribution in [0.2, 0.25) is 0 Å². The van der Waals surface area contributed by atoms with Crippen LogP contribution in [0.5, 0.6) is 5.75 Å². The molecule has 0 fully saturated rings. The summed E-state index contributed by atoms with van der Waals surface area (Å²) in [5.41, 5.74) is 3.36. The standard InChI is InChI=1S/C20H23FN2O2/c1-14(23-10-9-16-5-3-4-6-17(16)13-23)20(24)22-12-15-7-8-19(25-2)18(21)11-15/h3-8,11,14H,9-10,12-13H2,1-2H3,(H,22,24). The average molecular weight is 342 g/mol. The second-order valence-electron chi connectivity index (χ2n) is 6.35. The Balaban J connectivity index is 1.57. The van der Waals surface area contributed by atoms with Crippen LogP contribution in [0.25, 0.3) is 0 Å². The van der Waals surface area contributed by atoms with Gasteiger partial charge in [0, 0.05) is 19.6 Å². The van der Waals surface area contributed by atoms with Crippen LogP contribution in [0, 0.1) is 5.82 Å². The van der Waals surface area contributed by atoms with Gasteiger partial charge in [-0.15, -0.1) is 0 Å². The minimum absolute atomic E-state index is 0.0457. The van der Waals surface area contributed by atoms with E-state index in [2.05, 4.69) is 28.4 Å². The molecule has 5 heteroatoms. The molecule has 0 radical (unpaired) electrons.